The zero-order valence-electron chi connectivity index (χ0n) is 14.5. The molecule has 3 aromatic rings. The van der Waals surface area contributed by atoms with E-state index in [1.165, 1.54) is 34.9 Å². The van der Waals surface area contributed by atoms with Crippen LogP contribution in [0.4, 0.5) is 0 Å². The highest BCUT2D eigenvalue weighted by molar-refractivity contribution is 5.80. The third kappa shape index (κ3) is 4.25. The van der Waals surface area contributed by atoms with Gasteiger partial charge in [0.2, 0.25) is 0 Å². The molecule has 0 spiro atoms. The van der Waals surface area contributed by atoms with Crippen molar-refractivity contribution in [3.05, 3.63) is 71.9 Å². The summed E-state index contributed by atoms with van der Waals surface area (Å²) in [6.45, 7) is 7.03. The van der Waals surface area contributed by atoms with Gasteiger partial charge in [-0.1, -0.05) is 57.2 Å². The summed E-state index contributed by atoms with van der Waals surface area (Å²) in [5.41, 5.74) is 4.48. The molecule has 0 fully saturated rings. The van der Waals surface area contributed by atoms with Gasteiger partial charge in [-0.05, 0) is 65.3 Å². The molecule has 3 rings (SSSR count). The fourth-order valence-corrected chi connectivity index (χ4v) is 3.44. The number of nitrogens with one attached hydrogen (secondary N) is 1. The Morgan fingerprint density at radius 1 is 0.957 bits per heavy atom. The van der Waals surface area contributed by atoms with Crippen LogP contribution in [0.3, 0.4) is 0 Å². The Kier molecular flexibility index (Phi) is 4.56. The summed E-state index contributed by atoms with van der Waals surface area (Å²) in [6, 6.07) is 19.9. The van der Waals surface area contributed by atoms with Crippen LogP contribution in [0, 0.1) is 5.41 Å². The summed E-state index contributed by atoms with van der Waals surface area (Å²) in [6.07, 6.45) is 5.59. The summed E-state index contributed by atoms with van der Waals surface area (Å²) in [5, 5.41) is 1.32. The smallest absolute Gasteiger partial charge is 0.0454 e. The fourth-order valence-electron chi connectivity index (χ4n) is 3.44. The molecule has 2 aromatic carbocycles. The second kappa shape index (κ2) is 6.62. The molecule has 0 bridgehead atoms. The van der Waals surface area contributed by atoms with Crippen LogP contribution in [0.5, 0.6) is 0 Å². The number of hydrogen-bond donors (Lipinski definition) is 1. The molecule has 1 atom stereocenters. The quantitative estimate of drug-likeness (QED) is 0.567. The van der Waals surface area contributed by atoms with Gasteiger partial charge in [-0.15, -0.1) is 0 Å². The van der Waals surface area contributed by atoms with E-state index in [4.69, 9.17) is 0 Å². The monoisotopic (exact) mass is 305 g/mol. The summed E-state index contributed by atoms with van der Waals surface area (Å²) in [5.74, 6) is 0.606. The maximum absolute atomic E-state index is 3.29. The normalized spacial score (nSPS) is 13.3. The molecule has 1 nitrogen and oxygen atoms in total. The average molecular weight is 305 g/mol. The van der Waals surface area contributed by atoms with Gasteiger partial charge in [0.15, 0.2) is 0 Å². The molecule has 0 saturated heterocycles. The van der Waals surface area contributed by atoms with Crippen molar-refractivity contribution in [1.29, 1.82) is 0 Å². The SMILES string of the molecule is CC(C)(C)CC(CCc1ccccc1)c1ccc2[nH]ccc2c1. The Morgan fingerprint density at radius 2 is 1.74 bits per heavy atom. The van der Waals surface area contributed by atoms with E-state index in [-0.39, 0.29) is 0 Å². The van der Waals surface area contributed by atoms with Gasteiger partial charge in [-0.3, -0.25) is 0 Å². The number of aryl methyl sites for hydroxylation is 1. The first-order chi connectivity index (χ1) is 11.0. The molecule has 1 N–H and O–H groups in total. The van der Waals surface area contributed by atoms with Gasteiger partial charge in [0.05, 0.1) is 0 Å². The predicted octanol–water partition coefficient (Wildman–Crippen LogP) is 6.32. The maximum Gasteiger partial charge on any atom is 0.0454 e. The van der Waals surface area contributed by atoms with Gasteiger partial charge < -0.3 is 4.98 Å². The highest BCUT2D eigenvalue weighted by Gasteiger charge is 2.20. The zero-order chi connectivity index (χ0) is 16.3. The molecule has 0 saturated carbocycles. The molecule has 0 aliphatic heterocycles. The van der Waals surface area contributed by atoms with Crippen molar-refractivity contribution in [1.82, 2.24) is 4.98 Å². The molecule has 23 heavy (non-hydrogen) atoms. The summed E-state index contributed by atoms with van der Waals surface area (Å²) >= 11 is 0. The summed E-state index contributed by atoms with van der Waals surface area (Å²) < 4.78 is 0. The molecule has 120 valence electrons. The standard InChI is InChI=1S/C22H27N/c1-22(2,3)16-20(10-9-17-7-5-4-6-8-17)18-11-12-21-19(15-18)13-14-23-21/h4-8,11-15,20,23H,9-10,16H2,1-3H3. The highest BCUT2D eigenvalue weighted by atomic mass is 14.7. The molecule has 1 unspecified atom stereocenters. The van der Waals surface area contributed by atoms with Gasteiger partial charge >= 0.3 is 0 Å². The van der Waals surface area contributed by atoms with Crippen LogP contribution in [0.25, 0.3) is 10.9 Å². The third-order valence-corrected chi connectivity index (χ3v) is 4.53. The van der Waals surface area contributed by atoms with Crippen molar-refractivity contribution in [2.24, 2.45) is 5.41 Å². The Balaban J connectivity index is 1.82. The second-order valence-electron chi connectivity index (χ2n) is 7.81. The molecule has 0 amide bonds. The number of rotatable bonds is 5. The van der Waals surface area contributed by atoms with Crippen LogP contribution in [0.2, 0.25) is 0 Å². The number of H-pyrrole nitrogens is 1. The van der Waals surface area contributed by atoms with E-state index in [1.54, 1.807) is 0 Å². The topological polar surface area (TPSA) is 15.8 Å². The van der Waals surface area contributed by atoms with Gasteiger partial charge in [-0.25, -0.2) is 0 Å². The van der Waals surface area contributed by atoms with Crippen molar-refractivity contribution >= 4 is 10.9 Å². The number of fused-ring (bicyclic) bond motifs is 1. The lowest BCUT2D eigenvalue weighted by atomic mass is 9.78. The van der Waals surface area contributed by atoms with E-state index >= 15 is 0 Å². The van der Waals surface area contributed by atoms with Crippen molar-refractivity contribution in [3.63, 3.8) is 0 Å². The Morgan fingerprint density at radius 3 is 2.48 bits per heavy atom. The first-order valence-electron chi connectivity index (χ1n) is 8.62. The minimum absolute atomic E-state index is 0.342. The molecule has 0 aliphatic carbocycles. The lowest BCUT2D eigenvalue weighted by Crippen LogP contribution is -2.13. The average Bonchev–Trinajstić information content (AvgIpc) is 2.99. The first kappa shape index (κ1) is 15.9. The predicted molar refractivity (Wildman–Crippen MR) is 99.9 cm³/mol. The van der Waals surface area contributed by atoms with Gasteiger partial charge in [0.25, 0.3) is 0 Å². The van der Waals surface area contributed by atoms with E-state index in [0.29, 0.717) is 11.3 Å². The van der Waals surface area contributed by atoms with E-state index in [0.717, 1.165) is 6.42 Å². The maximum atomic E-state index is 3.29. The number of aromatic amines is 1. The molecular weight excluding hydrogens is 278 g/mol. The Labute approximate surface area is 139 Å². The zero-order valence-corrected chi connectivity index (χ0v) is 14.5. The van der Waals surface area contributed by atoms with E-state index in [1.807, 2.05) is 6.20 Å². The second-order valence-corrected chi connectivity index (χ2v) is 7.81. The minimum atomic E-state index is 0.342. The van der Waals surface area contributed by atoms with Gasteiger partial charge in [0.1, 0.15) is 0 Å². The van der Waals surface area contributed by atoms with Crippen LogP contribution in [-0.2, 0) is 6.42 Å². The minimum Gasteiger partial charge on any atom is -0.361 e. The van der Waals surface area contributed by atoms with Crippen molar-refractivity contribution in [3.8, 4) is 0 Å². The summed E-state index contributed by atoms with van der Waals surface area (Å²) in [7, 11) is 0. The number of benzene rings is 2. The lowest BCUT2D eigenvalue weighted by molar-refractivity contribution is 0.331. The Hall–Kier alpha value is -2.02. The van der Waals surface area contributed by atoms with Crippen LogP contribution < -0.4 is 0 Å². The van der Waals surface area contributed by atoms with Gasteiger partial charge in [0, 0.05) is 11.7 Å². The Bertz CT molecular complexity index is 746. The van der Waals surface area contributed by atoms with E-state index in [2.05, 4.69) is 80.4 Å². The van der Waals surface area contributed by atoms with Crippen molar-refractivity contribution in [2.45, 2.75) is 46.0 Å². The number of hydrogen-bond acceptors (Lipinski definition) is 0. The first-order valence-corrected chi connectivity index (χ1v) is 8.62. The highest BCUT2D eigenvalue weighted by Crippen LogP contribution is 2.35. The fraction of sp³-hybridized carbons (Fsp3) is 0.364. The molecule has 1 heteroatoms. The van der Waals surface area contributed by atoms with E-state index < -0.39 is 0 Å². The van der Waals surface area contributed by atoms with Crippen molar-refractivity contribution < 1.29 is 0 Å². The van der Waals surface area contributed by atoms with Crippen LogP contribution in [0.1, 0.15) is 50.7 Å². The molecule has 1 aromatic heterocycles. The lowest BCUT2D eigenvalue weighted by Gasteiger charge is -2.26. The molecule has 0 aliphatic rings. The summed E-state index contributed by atoms with van der Waals surface area (Å²) in [4.78, 5) is 3.29. The molecule has 1 heterocycles. The van der Waals surface area contributed by atoms with Crippen LogP contribution >= 0.6 is 0 Å². The molecular formula is C22H27N. The number of aromatic nitrogens is 1. The van der Waals surface area contributed by atoms with Gasteiger partial charge in [-0.2, -0.15) is 0 Å². The van der Waals surface area contributed by atoms with E-state index in [9.17, 15) is 0 Å². The van der Waals surface area contributed by atoms with Crippen LogP contribution in [0.15, 0.2) is 60.8 Å². The molecule has 0 radical (unpaired) electrons. The largest absolute Gasteiger partial charge is 0.361 e. The third-order valence-electron chi connectivity index (χ3n) is 4.53. The van der Waals surface area contributed by atoms with Crippen LogP contribution in [-0.4, -0.2) is 4.98 Å². The van der Waals surface area contributed by atoms with Crippen molar-refractivity contribution in [2.75, 3.05) is 0 Å².